The third-order valence-corrected chi connectivity index (χ3v) is 1.58. The molecule has 8 heteroatoms. The van der Waals surface area contributed by atoms with E-state index in [9.17, 15) is 13.6 Å². The molecule has 1 aromatic heterocycles. The summed E-state index contributed by atoms with van der Waals surface area (Å²) in [7, 11) is 0. The van der Waals surface area contributed by atoms with Crippen LogP contribution in [0.15, 0.2) is 12.4 Å². The molecule has 1 aromatic rings. The van der Waals surface area contributed by atoms with E-state index >= 15 is 0 Å². The summed E-state index contributed by atoms with van der Waals surface area (Å²) in [4.78, 5) is 11.1. The zero-order valence-electron chi connectivity index (χ0n) is 7.68. The number of hydrogen-bond donors (Lipinski definition) is 2. The van der Waals surface area contributed by atoms with Crippen LogP contribution in [0, 0.1) is 0 Å². The van der Waals surface area contributed by atoms with E-state index in [1.54, 1.807) is 0 Å². The maximum atomic E-state index is 11.8. The number of aliphatic hydroxyl groups is 1. The quantitative estimate of drug-likeness (QED) is 0.668. The highest BCUT2D eigenvalue weighted by Crippen LogP contribution is 1.98. The highest BCUT2D eigenvalue weighted by Gasteiger charge is 2.17. The van der Waals surface area contributed by atoms with Gasteiger partial charge in [0.25, 0.3) is 6.43 Å². The smallest absolute Gasteiger partial charge is 0.265 e. The Kier molecular flexibility index (Phi) is 4.10. The third-order valence-electron chi connectivity index (χ3n) is 1.58. The Balaban J connectivity index is 2.25. The van der Waals surface area contributed by atoms with Crippen LogP contribution in [0.1, 0.15) is 0 Å². The van der Waals surface area contributed by atoms with Gasteiger partial charge < -0.3 is 10.4 Å². The van der Waals surface area contributed by atoms with Gasteiger partial charge in [-0.15, -0.1) is 5.10 Å². The van der Waals surface area contributed by atoms with Crippen LogP contribution >= 0.6 is 0 Å². The number of nitrogens with zero attached hydrogens (tertiary/aromatic N) is 3. The average Bonchev–Trinajstić information content (AvgIpc) is 2.66. The number of rotatable bonds is 5. The van der Waals surface area contributed by atoms with Crippen molar-refractivity contribution in [1.29, 1.82) is 0 Å². The summed E-state index contributed by atoms with van der Waals surface area (Å²) < 4.78 is 24.9. The van der Waals surface area contributed by atoms with E-state index in [-0.39, 0.29) is 6.54 Å². The summed E-state index contributed by atoms with van der Waals surface area (Å²) in [6.45, 7) is -0.596. The SMILES string of the molecule is O=C(Cn1ccnn1)NCC(O)C(F)F. The Morgan fingerprint density at radius 2 is 2.33 bits per heavy atom. The molecular formula is C7H10F2N4O2. The Morgan fingerprint density at radius 1 is 1.60 bits per heavy atom. The van der Waals surface area contributed by atoms with Crippen LogP contribution in [0.2, 0.25) is 0 Å². The lowest BCUT2D eigenvalue weighted by atomic mass is 10.3. The molecule has 84 valence electrons. The Bertz CT molecular complexity index is 304. The molecule has 6 nitrogen and oxygen atoms in total. The van der Waals surface area contributed by atoms with Crippen molar-refractivity contribution in [2.45, 2.75) is 19.1 Å². The molecule has 0 bridgehead atoms. The molecule has 0 aliphatic heterocycles. The summed E-state index contributed by atoms with van der Waals surface area (Å²) in [5, 5.41) is 17.8. The van der Waals surface area contributed by atoms with E-state index in [1.807, 2.05) is 0 Å². The second kappa shape index (κ2) is 5.35. The van der Waals surface area contributed by atoms with Crippen molar-refractivity contribution in [3.05, 3.63) is 12.4 Å². The summed E-state index contributed by atoms with van der Waals surface area (Å²) >= 11 is 0. The van der Waals surface area contributed by atoms with Crippen molar-refractivity contribution in [3.8, 4) is 0 Å². The van der Waals surface area contributed by atoms with Crippen molar-refractivity contribution >= 4 is 5.91 Å². The van der Waals surface area contributed by atoms with Gasteiger partial charge in [0.15, 0.2) is 0 Å². The first kappa shape index (κ1) is 11.5. The van der Waals surface area contributed by atoms with Crippen molar-refractivity contribution in [3.63, 3.8) is 0 Å². The molecule has 0 spiro atoms. The highest BCUT2D eigenvalue weighted by molar-refractivity contribution is 5.75. The number of hydrogen-bond acceptors (Lipinski definition) is 4. The average molecular weight is 220 g/mol. The van der Waals surface area contributed by atoms with Crippen LogP contribution in [-0.4, -0.2) is 45.1 Å². The normalized spacial score (nSPS) is 12.8. The fourth-order valence-corrected chi connectivity index (χ4v) is 0.828. The minimum Gasteiger partial charge on any atom is -0.385 e. The Hall–Kier alpha value is -1.57. The van der Waals surface area contributed by atoms with Crippen LogP contribution in [0.5, 0.6) is 0 Å². The van der Waals surface area contributed by atoms with E-state index in [1.165, 1.54) is 17.1 Å². The Labute approximate surface area is 83.9 Å². The zero-order valence-corrected chi connectivity index (χ0v) is 7.68. The number of amides is 1. The maximum absolute atomic E-state index is 11.8. The molecule has 0 aromatic carbocycles. The zero-order chi connectivity index (χ0) is 11.3. The maximum Gasteiger partial charge on any atom is 0.265 e. The molecule has 0 fully saturated rings. The van der Waals surface area contributed by atoms with Gasteiger partial charge in [-0.25, -0.2) is 13.5 Å². The second-order valence-electron chi connectivity index (χ2n) is 2.81. The van der Waals surface area contributed by atoms with Crippen LogP contribution in [0.3, 0.4) is 0 Å². The lowest BCUT2D eigenvalue weighted by Crippen LogP contribution is -2.37. The van der Waals surface area contributed by atoms with Gasteiger partial charge in [-0.05, 0) is 0 Å². The molecule has 1 amide bonds. The second-order valence-corrected chi connectivity index (χ2v) is 2.81. The fourth-order valence-electron chi connectivity index (χ4n) is 0.828. The van der Waals surface area contributed by atoms with Gasteiger partial charge in [-0.2, -0.15) is 0 Å². The van der Waals surface area contributed by atoms with Crippen molar-refractivity contribution in [2.75, 3.05) is 6.54 Å². The van der Waals surface area contributed by atoms with Gasteiger partial charge >= 0.3 is 0 Å². The molecular weight excluding hydrogens is 210 g/mol. The van der Waals surface area contributed by atoms with E-state index in [2.05, 4.69) is 15.6 Å². The van der Waals surface area contributed by atoms with Gasteiger partial charge in [-0.3, -0.25) is 4.79 Å². The number of nitrogens with one attached hydrogen (secondary N) is 1. The van der Waals surface area contributed by atoms with E-state index in [4.69, 9.17) is 5.11 Å². The van der Waals surface area contributed by atoms with E-state index < -0.39 is 25.0 Å². The Morgan fingerprint density at radius 3 is 2.87 bits per heavy atom. The first-order valence-electron chi connectivity index (χ1n) is 4.16. The van der Waals surface area contributed by atoms with Crippen molar-refractivity contribution in [2.24, 2.45) is 0 Å². The molecule has 1 unspecified atom stereocenters. The topological polar surface area (TPSA) is 80.0 Å². The number of carbonyl (C=O) groups is 1. The minimum atomic E-state index is -2.86. The van der Waals surface area contributed by atoms with Gasteiger partial charge in [0.2, 0.25) is 5.91 Å². The molecule has 1 atom stereocenters. The number of carbonyl (C=O) groups excluding carboxylic acids is 1. The number of aliphatic hydroxyl groups excluding tert-OH is 1. The first-order chi connectivity index (χ1) is 7.09. The third kappa shape index (κ3) is 3.98. The first-order valence-corrected chi connectivity index (χ1v) is 4.16. The molecule has 0 aliphatic rings. The van der Waals surface area contributed by atoms with Crippen LogP contribution in [-0.2, 0) is 11.3 Å². The molecule has 1 heterocycles. The lowest BCUT2D eigenvalue weighted by Gasteiger charge is -2.10. The molecule has 0 saturated heterocycles. The number of alkyl halides is 2. The molecule has 15 heavy (non-hydrogen) atoms. The van der Waals surface area contributed by atoms with Crippen molar-refractivity contribution < 1.29 is 18.7 Å². The van der Waals surface area contributed by atoms with Crippen LogP contribution in [0.4, 0.5) is 8.78 Å². The fraction of sp³-hybridized carbons (Fsp3) is 0.571. The molecule has 0 aliphatic carbocycles. The number of halogens is 2. The minimum absolute atomic E-state index is 0.115. The predicted octanol–water partition coefficient (Wildman–Crippen LogP) is -0.980. The van der Waals surface area contributed by atoms with Gasteiger partial charge in [-0.1, -0.05) is 5.21 Å². The highest BCUT2D eigenvalue weighted by atomic mass is 19.3. The van der Waals surface area contributed by atoms with E-state index in [0.29, 0.717) is 0 Å². The molecule has 0 saturated carbocycles. The van der Waals surface area contributed by atoms with Gasteiger partial charge in [0.1, 0.15) is 12.6 Å². The van der Waals surface area contributed by atoms with Crippen LogP contribution < -0.4 is 5.32 Å². The molecule has 0 radical (unpaired) electrons. The largest absolute Gasteiger partial charge is 0.385 e. The predicted molar refractivity (Wildman–Crippen MR) is 45.0 cm³/mol. The van der Waals surface area contributed by atoms with Gasteiger partial charge in [0.05, 0.1) is 6.20 Å². The summed E-state index contributed by atoms with van der Waals surface area (Å²) in [5.74, 6) is -0.514. The summed E-state index contributed by atoms with van der Waals surface area (Å²) in [5.41, 5.74) is 0. The van der Waals surface area contributed by atoms with Crippen LogP contribution in [0.25, 0.3) is 0 Å². The van der Waals surface area contributed by atoms with Crippen molar-refractivity contribution in [1.82, 2.24) is 20.3 Å². The van der Waals surface area contributed by atoms with Gasteiger partial charge in [0, 0.05) is 12.7 Å². The molecule has 1 rings (SSSR count). The molecule has 2 N–H and O–H groups in total. The summed E-state index contributed by atoms with van der Waals surface area (Å²) in [6, 6.07) is 0. The monoisotopic (exact) mass is 220 g/mol. The number of aromatic nitrogens is 3. The van der Waals surface area contributed by atoms with E-state index in [0.717, 1.165) is 0 Å². The standard InChI is InChI=1S/C7H10F2N4O2/c8-7(9)5(14)3-10-6(15)4-13-2-1-11-12-13/h1-2,5,7,14H,3-4H2,(H,10,15). The lowest BCUT2D eigenvalue weighted by molar-refractivity contribution is -0.122. The summed E-state index contributed by atoms with van der Waals surface area (Å²) in [6.07, 6.45) is -1.86.